The first-order chi connectivity index (χ1) is 9.24. The summed E-state index contributed by atoms with van der Waals surface area (Å²) in [4.78, 5) is 11.1. The van der Waals surface area contributed by atoms with Crippen molar-refractivity contribution in [3.63, 3.8) is 0 Å². The number of aryl methyl sites for hydroxylation is 1. The van der Waals surface area contributed by atoms with Gasteiger partial charge in [-0.05, 0) is 38.1 Å². The summed E-state index contributed by atoms with van der Waals surface area (Å²) in [5.74, 6) is 1.81. The number of benzene rings is 2. The maximum Gasteiger partial charge on any atom is 0.169 e. The lowest BCUT2D eigenvalue weighted by Crippen LogP contribution is -1.96. The third-order valence-electron chi connectivity index (χ3n) is 2.66. The lowest BCUT2D eigenvalue weighted by atomic mass is 10.1. The van der Waals surface area contributed by atoms with Gasteiger partial charge in [0.25, 0.3) is 0 Å². The van der Waals surface area contributed by atoms with Crippen LogP contribution in [0.25, 0.3) is 0 Å². The molecule has 0 bridgehead atoms. The summed E-state index contributed by atoms with van der Waals surface area (Å²) in [6.45, 7) is 4.42. The highest BCUT2D eigenvalue weighted by Gasteiger charge is 2.08. The first-order valence-corrected chi connectivity index (χ1v) is 6.20. The van der Waals surface area contributed by atoms with Crippen LogP contribution < -0.4 is 9.47 Å². The molecule has 0 unspecified atom stereocenters. The standard InChI is InChI=1S/C16H16O3/c1-3-18-15-6-4-5-7-16(15)19-14-9-8-12(2)10-13(14)11-17/h4-11H,3H2,1-2H3. The minimum absolute atomic E-state index is 0.534. The molecule has 98 valence electrons. The number of para-hydroxylation sites is 2. The van der Waals surface area contributed by atoms with Gasteiger partial charge in [-0.25, -0.2) is 0 Å². The molecule has 3 nitrogen and oxygen atoms in total. The largest absolute Gasteiger partial charge is 0.490 e. The molecule has 2 rings (SSSR count). The van der Waals surface area contributed by atoms with Gasteiger partial charge in [-0.3, -0.25) is 4.79 Å². The van der Waals surface area contributed by atoms with Crippen LogP contribution in [0.5, 0.6) is 17.2 Å². The van der Waals surface area contributed by atoms with Crippen LogP contribution in [-0.4, -0.2) is 12.9 Å². The minimum Gasteiger partial charge on any atom is -0.490 e. The van der Waals surface area contributed by atoms with E-state index < -0.39 is 0 Å². The zero-order chi connectivity index (χ0) is 13.7. The highest BCUT2D eigenvalue weighted by Crippen LogP contribution is 2.32. The first kappa shape index (κ1) is 13.1. The smallest absolute Gasteiger partial charge is 0.169 e. The first-order valence-electron chi connectivity index (χ1n) is 6.20. The van der Waals surface area contributed by atoms with E-state index in [0.717, 1.165) is 11.8 Å². The van der Waals surface area contributed by atoms with Crippen LogP contribution in [0.4, 0.5) is 0 Å². The van der Waals surface area contributed by atoms with E-state index in [1.165, 1.54) is 0 Å². The van der Waals surface area contributed by atoms with E-state index in [1.807, 2.05) is 44.2 Å². The SMILES string of the molecule is CCOc1ccccc1Oc1ccc(C)cc1C=O. The number of rotatable bonds is 5. The van der Waals surface area contributed by atoms with Crippen molar-refractivity contribution in [3.05, 3.63) is 53.6 Å². The Kier molecular flexibility index (Phi) is 4.18. The molecule has 0 aromatic heterocycles. The summed E-state index contributed by atoms with van der Waals surface area (Å²) in [6.07, 6.45) is 0.797. The molecule has 0 amide bonds. The fourth-order valence-corrected chi connectivity index (χ4v) is 1.78. The van der Waals surface area contributed by atoms with E-state index in [9.17, 15) is 4.79 Å². The predicted molar refractivity (Wildman–Crippen MR) is 74.3 cm³/mol. The summed E-state index contributed by atoms with van der Waals surface area (Å²) >= 11 is 0. The molecule has 0 aliphatic rings. The molecular formula is C16H16O3. The van der Waals surface area contributed by atoms with E-state index in [-0.39, 0.29) is 0 Å². The molecule has 0 aliphatic carbocycles. The number of aldehydes is 1. The van der Waals surface area contributed by atoms with Crippen molar-refractivity contribution in [2.24, 2.45) is 0 Å². The Morgan fingerprint density at radius 3 is 2.47 bits per heavy atom. The highest BCUT2D eigenvalue weighted by molar-refractivity contribution is 5.80. The van der Waals surface area contributed by atoms with Crippen molar-refractivity contribution in [2.75, 3.05) is 6.61 Å². The second kappa shape index (κ2) is 6.05. The molecule has 0 N–H and O–H groups in total. The topological polar surface area (TPSA) is 35.5 Å². The van der Waals surface area contributed by atoms with Crippen LogP contribution in [-0.2, 0) is 0 Å². The van der Waals surface area contributed by atoms with Crippen LogP contribution in [0.3, 0.4) is 0 Å². The molecule has 19 heavy (non-hydrogen) atoms. The molecule has 0 saturated heterocycles. The second-order valence-corrected chi connectivity index (χ2v) is 4.14. The van der Waals surface area contributed by atoms with E-state index in [4.69, 9.17) is 9.47 Å². The zero-order valence-electron chi connectivity index (χ0n) is 11.1. The van der Waals surface area contributed by atoms with Gasteiger partial charge >= 0.3 is 0 Å². The predicted octanol–water partition coefficient (Wildman–Crippen LogP) is 4.00. The Labute approximate surface area is 112 Å². The molecule has 0 radical (unpaired) electrons. The molecule has 2 aromatic carbocycles. The number of hydrogen-bond donors (Lipinski definition) is 0. The van der Waals surface area contributed by atoms with E-state index >= 15 is 0 Å². The Morgan fingerprint density at radius 1 is 1.05 bits per heavy atom. The third kappa shape index (κ3) is 3.13. The van der Waals surface area contributed by atoms with Gasteiger partial charge in [-0.2, -0.15) is 0 Å². The van der Waals surface area contributed by atoms with Gasteiger partial charge in [-0.1, -0.05) is 23.8 Å². The summed E-state index contributed by atoms with van der Waals surface area (Å²) in [5.41, 5.74) is 1.55. The van der Waals surface area contributed by atoms with E-state index in [1.54, 1.807) is 12.1 Å². The van der Waals surface area contributed by atoms with Crippen molar-refractivity contribution in [1.29, 1.82) is 0 Å². The summed E-state index contributed by atoms with van der Waals surface area (Å²) in [6, 6.07) is 12.9. The molecule has 0 saturated carbocycles. The maximum absolute atomic E-state index is 11.1. The Bertz CT molecular complexity index is 576. The third-order valence-corrected chi connectivity index (χ3v) is 2.66. The molecule has 2 aromatic rings. The van der Waals surface area contributed by atoms with Crippen molar-refractivity contribution in [2.45, 2.75) is 13.8 Å². The minimum atomic E-state index is 0.534. The van der Waals surface area contributed by atoms with Crippen molar-refractivity contribution in [1.82, 2.24) is 0 Å². The number of hydrogen-bond acceptors (Lipinski definition) is 3. The van der Waals surface area contributed by atoms with Gasteiger partial charge in [0.2, 0.25) is 0 Å². The van der Waals surface area contributed by atoms with Crippen LogP contribution in [0.15, 0.2) is 42.5 Å². The maximum atomic E-state index is 11.1. The van der Waals surface area contributed by atoms with Gasteiger partial charge < -0.3 is 9.47 Å². The fraction of sp³-hybridized carbons (Fsp3) is 0.188. The summed E-state index contributed by atoms with van der Waals surface area (Å²) in [7, 11) is 0. The zero-order valence-corrected chi connectivity index (χ0v) is 11.1. The van der Waals surface area contributed by atoms with Crippen LogP contribution in [0, 0.1) is 6.92 Å². The van der Waals surface area contributed by atoms with E-state index in [2.05, 4.69) is 0 Å². The molecule has 0 heterocycles. The van der Waals surface area contributed by atoms with E-state index in [0.29, 0.717) is 29.4 Å². The van der Waals surface area contributed by atoms with Crippen molar-refractivity contribution >= 4 is 6.29 Å². The normalized spacial score (nSPS) is 10.0. The summed E-state index contributed by atoms with van der Waals surface area (Å²) in [5, 5.41) is 0. The quantitative estimate of drug-likeness (QED) is 0.758. The highest BCUT2D eigenvalue weighted by atomic mass is 16.5. The lowest BCUT2D eigenvalue weighted by Gasteiger charge is -2.12. The Balaban J connectivity index is 2.33. The number of carbonyl (C=O) groups is 1. The van der Waals surface area contributed by atoms with Gasteiger partial charge in [0.15, 0.2) is 17.8 Å². The van der Waals surface area contributed by atoms with Crippen molar-refractivity contribution in [3.8, 4) is 17.2 Å². The molecule has 0 aliphatic heterocycles. The van der Waals surface area contributed by atoms with Crippen molar-refractivity contribution < 1.29 is 14.3 Å². The average molecular weight is 256 g/mol. The fourth-order valence-electron chi connectivity index (χ4n) is 1.78. The average Bonchev–Trinajstić information content (AvgIpc) is 2.43. The molecule has 0 spiro atoms. The Morgan fingerprint density at radius 2 is 1.79 bits per heavy atom. The molecule has 0 atom stereocenters. The second-order valence-electron chi connectivity index (χ2n) is 4.14. The summed E-state index contributed by atoms with van der Waals surface area (Å²) < 4.78 is 11.3. The molecular weight excluding hydrogens is 240 g/mol. The number of carbonyl (C=O) groups excluding carboxylic acids is 1. The van der Waals surface area contributed by atoms with Gasteiger partial charge in [-0.15, -0.1) is 0 Å². The van der Waals surface area contributed by atoms with Crippen LogP contribution in [0.1, 0.15) is 22.8 Å². The molecule has 3 heteroatoms. The van der Waals surface area contributed by atoms with Gasteiger partial charge in [0, 0.05) is 0 Å². The lowest BCUT2D eigenvalue weighted by molar-refractivity contribution is 0.112. The Hall–Kier alpha value is -2.29. The van der Waals surface area contributed by atoms with Crippen LogP contribution in [0.2, 0.25) is 0 Å². The van der Waals surface area contributed by atoms with Gasteiger partial charge in [0.05, 0.1) is 12.2 Å². The van der Waals surface area contributed by atoms with Crippen LogP contribution >= 0.6 is 0 Å². The van der Waals surface area contributed by atoms with Gasteiger partial charge in [0.1, 0.15) is 5.75 Å². The monoisotopic (exact) mass is 256 g/mol. The molecule has 0 fully saturated rings. The number of ether oxygens (including phenoxy) is 2.